The fraction of sp³-hybridized carbons (Fsp3) is 0.200. The van der Waals surface area contributed by atoms with Gasteiger partial charge < -0.3 is 15.7 Å². The van der Waals surface area contributed by atoms with Crippen molar-refractivity contribution in [2.75, 3.05) is 7.11 Å². The van der Waals surface area contributed by atoms with Gasteiger partial charge in [-0.1, -0.05) is 29.1 Å². The van der Waals surface area contributed by atoms with Crippen molar-refractivity contribution in [1.29, 1.82) is 0 Å². The van der Waals surface area contributed by atoms with Gasteiger partial charge >= 0.3 is 0 Å². The molecule has 1 aromatic carbocycles. The van der Waals surface area contributed by atoms with Crippen molar-refractivity contribution in [1.82, 2.24) is 4.98 Å². The lowest BCUT2D eigenvalue weighted by atomic mass is 10.1. The Balaban J connectivity index is 2.53. The SMILES string of the molecule is COc1ccccc1Sc1nc(C)cc(C)c1/C(N)=N/O. The molecule has 0 aliphatic heterocycles. The average Bonchev–Trinajstić information content (AvgIpc) is 2.46. The number of methoxy groups -OCH3 is 1. The van der Waals surface area contributed by atoms with Crippen molar-refractivity contribution in [3.8, 4) is 5.75 Å². The van der Waals surface area contributed by atoms with Crippen molar-refractivity contribution >= 4 is 17.6 Å². The monoisotopic (exact) mass is 303 g/mol. The molecule has 0 unspecified atom stereocenters. The van der Waals surface area contributed by atoms with Crippen LogP contribution in [-0.2, 0) is 0 Å². The molecule has 0 saturated carbocycles. The molecule has 110 valence electrons. The summed E-state index contributed by atoms with van der Waals surface area (Å²) in [6.45, 7) is 3.82. The first-order chi connectivity index (χ1) is 10.1. The van der Waals surface area contributed by atoms with E-state index in [1.54, 1.807) is 7.11 Å². The first-order valence-corrected chi connectivity index (χ1v) is 7.15. The van der Waals surface area contributed by atoms with E-state index in [2.05, 4.69) is 10.1 Å². The van der Waals surface area contributed by atoms with E-state index in [1.807, 2.05) is 44.2 Å². The molecule has 5 nitrogen and oxygen atoms in total. The molecular weight excluding hydrogens is 286 g/mol. The van der Waals surface area contributed by atoms with Crippen LogP contribution in [0.4, 0.5) is 0 Å². The smallest absolute Gasteiger partial charge is 0.173 e. The van der Waals surface area contributed by atoms with Crippen molar-refractivity contribution in [2.45, 2.75) is 23.8 Å². The molecule has 1 heterocycles. The van der Waals surface area contributed by atoms with Crippen molar-refractivity contribution in [2.24, 2.45) is 10.9 Å². The minimum atomic E-state index is 0.0531. The van der Waals surface area contributed by atoms with E-state index >= 15 is 0 Å². The van der Waals surface area contributed by atoms with E-state index in [4.69, 9.17) is 15.7 Å². The lowest BCUT2D eigenvalue weighted by Crippen LogP contribution is -2.17. The molecule has 0 bridgehead atoms. The Morgan fingerprint density at radius 1 is 1.33 bits per heavy atom. The van der Waals surface area contributed by atoms with Gasteiger partial charge in [0.05, 0.1) is 17.6 Å². The fourth-order valence-electron chi connectivity index (χ4n) is 2.05. The van der Waals surface area contributed by atoms with Gasteiger partial charge in [0.1, 0.15) is 10.8 Å². The van der Waals surface area contributed by atoms with Gasteiger partial charge in [-0.3, -0.25) is 0 Å². The van der Waals surface area contributed by atoms with Crippen LogP contribution in [-0.4, -0.2) is 23.1 Å². The maximum atomic E-state index is 8.97. The molecule has 0 atom stereocenters. The van der Waals surface area contributed by atoms with Gasteiger partial charge in [0, 0.05) is 5.69 Å². The maximum Gasteiger partial charge on any atom is 0.173 e. The van der Waals surface area contributed by atoms with Crippen molar-refractivity contribution in [3.63, 3.8) is 0 Å². The number of rotatable bonds is 4. The number of nitrogens with zero attached hydrogens (tertiary/aromatic N) is 2. The first kappa shape index (κ1) is 15.2. The quantitative estimate of drug-likeness (QED) is 0.393. The minimum Gasteiger partial charge on any atom is -0.496 e. The van der Waals surface area contributed by atoms with Gasteiger partial charge in [-0.15, -0.1) is 0 Å². The summed E-state index contributed by atoms with van der Waals surface area (Å²) in [6, 6.07) is 9.56. The van der Waals surface area contributed by atoms with E-state index in [0.29, 0.717) is 10.6 Å². The predicted octanol–water partition coefficient (Wildman–Crippen LogP) is 2.95. The molecule has 0 fully saturated rings. The highest BCUT2D eigenvalue weighted by molar-refractivity contribution is 7.99. The zero-order chi connectivity index (χ0) is 15.4. The van der Waals surface area contributed by atoms with Gasteiger partial charge in [0.2, 0.25) is 0 Å². The summed E-state index contributed by atoms with van der Waals surface area (Å²) in [4.78, 5) is 5.43. The summed E-state index contributed by atoms with van der Waals surface area (Å²) in [5, 5.41) is 12.8. The topological polar surface area (TPSA) is 80.7 Å². The number of aryl methyl sites for hydroxylation is 2. The third kappa shape index (κ3) is 3.28. The largest absolute Gasteiger partial charge is 0.496 e. The summed E-state index contributed by atoms with van der Waals surface area (Å²) in [5.74, 6) is 0.811. The van der Waals surface area contributed by atoms with E-state index in [9.17, 15) is 0 Å². The number of para-hydroxylation sites is 1. The summed E-state index contributed by atoms with van der Waals surface area (Å²) in [5.41, 5.74) is 8.21. The van der Waals surface area contributed by atoms with E-state index in [-0.39, 0.29) is 5.84 Å². The zero-order valence-corrected chi connectivity index (χ0v) is 12.9. The molecule has 0 aliphatic rings. The molecule has 1 aromatic heterocycles. The molecule has 2 aromatic rings. The van der Waals surface area contributed by atoms with Gasteiger partial charge in [0.25, 0.3) is 0 Å². The molecule has 0 amide bonds. The number of pyridine rings is 1. The molecule has 3 N–H and O–H groups in total. The highest BCUT2D eigenvalue weighted by Gasteiger charge is 2.16. The Hall–Kier alpha value is -2.21. The maximum absolute atomic E-state index is 8.97. The molecular formula is C15H17N3O2S. The van der Waals surface area contributed by atoms with Crippen LogP contribution >= 0.6 is 11.8 Å². The predicted molar refractivity (Wildman–Crippen MR) is 83.3 cm³/mol. The number of hydrogen-bond acceptors (Lipinski definition) is 5. The number of nitrogens with two attached hydrogens (primary N) is 1. The first-order valence-electron chi connectivity index (χ1n) is 6.33. The summed E-state index contributed by atoms with van der Waals surface area (Å²) < 4.78 is 5.35. The number of oxime groups is 1. The Kier molecular flexibility index (Phi) is 4.70. The highest BCUT2D eigenvalue weighted by atomic mass is 32.2. The molecule has 6 heteroatoms. The van der Waals surface area contributed by atoms with E-state index in [1.165, 1.54) is 11.8 Å². The van der Waals surface area contributed by atoms with Crippen LogP contribution in [0.2, 0.25) is 0 Å². The van der Waals surface area contributed by atoms with E-state index in [0.717, 1.165) is 21.9 Å². The van der Waals surface area contributed by atoms with Gasteiger partial charge in [-0.05, 0) is 37.6 Å². The number of benzene rings is 1. The fourth-order valence-corrected chi connectivity index (χ4v) is 3.21. The molecule has 0 spiro atoms. The third-order valence-corrected chi connectivity index (χ3v) is 4.00. The number of hydrogen-bond donors (Lipinski definition) is 2. The van der Waals surface area contributed by atoms with Crippen molar-refractivity contribution < 1.29 is 9.94 Å². The van der Waals surface area contributed by atoms with Crippen LogP contribution in [0.15, 0.2) is 45.4 Å². The van der Waals surface area contributed by atoms with Crippen LogP contribution in [0.5, 0.6) is 5.75 Å². The average molecular weight is 303 g/mol. The molecule has 0 radical (unpaired) electrons. The van der Waals surface area contributed by atoms with E-state index < -0.39 is 0 Å². The summed E-state index contributed by atoms with van der Waals surface area (Å²) in [7, 11) is 1.62. The lowest BCUT2D eigenvalue weighted by Gasteiger charge is -2.13. The van der Waals surface area contributed by atoms with Gasteiger partial charge in [-0.2, -0.15) is 0 Å². The van der Waals surface area contributed by atoms with Crippen LogP contribution in [0.3, 0.4) is 0 Å². The zero-order valence-electron chi connectivity index (χ0n) is 12.1. The van der Waals surface area contributed by atoms with Crippen LogP contribution < -0.4 is 10.5 Å². The van der Waals surface area contributed by atoms with Crippen LogP contribution in [0.25, 0.3) is 0 Å². The molecule has 0 aliphatic carbocycles. The normalized spacial score (nSPS) is 11.5. The Morgan fingerprint density at radius 2 is 2.05 bits per heavy atom. The molecule has 21 heavy (non-hydrogen) atoms. The molecule has 0 saturated heterocycles. The minimum absolute atomic E-state index is 0.0531. The third-order valence-electron chi connectivity index (χ3n) is 2.95. The highest BCUT2D eigenvalue weighted by Crippen LogP contribution is 2.36. The van der Waals surface area contributed by atoms with Gasteiger partial charge in [0.15, 0.2) is 5.84 Å². The summed E-state index contributed by atoms with van der Waals surface area (Å²) in [6.07, 6.45) is 0. The Labute approximate surface area is 127 Å². The Bertz CT molecular complexity index is 687. The Morgan fingerprint density at radius 3 is 2.71 bits per heavy atom. The second-order valence-corrected chi connectivity index (χ2v) is 5.53. The van der Waals surface area contributed by atoms with Crippen LogP contribution in [0, 0.1) is 13.8 Å². The number of aromatic nitrogens is 1. The second kappa shape index (κ2) is 6.49. The molecule has 2 rings (SSSR count). The lowest BCUT2D eigenvalue weighted by molar-refractivity contribution is 0.318. The standard InChI is InChI=1S/C15H17N3O2S/c1-9-8-10(2)17-15(13(9)14(16)18-19)21-12-7-5-4-6-11(12)20-3/h4-8,19H,1-3H3,(H2,16,18). The number of amidine groups is 1. The summed E-state index contributed by atoms with van der Waals surface area (Å²) >= 11 is 1.43. The second-order valence-electron chi connectivity index (χ2n) is 4.50. The van der Waals surface area contributed by atoms with Crippen molar-refractivity contribution in [3.05, 3.63) is 47.2 Å². The van der Waals surface area contributed by atoms with Crippen LogP contribution in [0.1, 0.15) is 16.8 Å². The van der Waals surface area contributed by atoms with Gasteiger partial charge in [-0.25, -0.2) is 4.98 Å². The number of ether oxygens (including phenoxy) is 1.